The zero-order chi connectivity index (χ0) is 15.1. The molecule has 1 aromatic carbocycles. The van der Waals surface area contributed by atoms with E-state index < -0.39 is 6.04 Å². The van der Waals surface area contributed by atoms with Crippen LogP contribution in [-0.4, -0.2) is 23.1 Å². The summed E-state index contributed by atoms with van der Waals surface area (Å²) in [6.07, 6.45) is 8.88. The lowest BCUT2D eigenvalue weighted by Gasteiger charge is -2.23. The van der Waals surface area contributed by atoms with Gasteiger partial charge in [-0.2, -0.15) is 0 Å². The predicted molar refractivity (Wildman–Crippen MR) is 84.0 cm³/mol. The molecule has 1 aliphatic carbocycles. The molecule has 2 rings (SSSR count). The van der Waals surface area contributed by atoms with Crippen molar-refractivity contribution < 1.29 is 9.90 Å². The average Bonchev–Trinajstić information content (AvgIpc) is 2.44. The van der Waals surface area contributed by atoms with Crippen molar-refractivity contribution >= 4 is 5.91 Å². The fourth-order valence-electron chi connectivity index (χ4n) is 2.89. The number of carbonyl (C=O) groups excluding carboxylic acids is 1. The number of rotatable bonds is 4. The van der Waals surface area contributed by atoms with E-state index in [2.05, 4.69) is 5.32 Å². The predicted octanol–water partition coefficient (Wildman–Crippen LogP) is 2.49. The van der Waals surface area contributed by atoms with E-state index in [9.17, 15) is 9.90 Å². The number of hydrogen-bond acceptors (Lipinski definition) is 3. The molecular weight excluding hydrogens is 264 g/mol. The van der Waals surface area contributed by atoms with Crippen molar-refractivity contribution in [2.24, 2.45) is 5.73 Å². The molecule has 1 fully saturated rings. The number of benzene rings is 1. The summed E-state index contributed by atoms with van der Waals surface area (Å²) in [5.41, 5.74) is 6.97. The SMILES string of the molecule is N[C@@H](Cc1ccc(O)cc1)C(=O)NC1CCCCCCC1. The Morgan fingerprint density at radius 1 is 1.14 bits per heavy atom. The first-order chi connectivity index (χ1) is 10.1. The summed E-state index contributed by atoms with van der Waals surface area (Å²) >= 11 is 0. The van der Waals surface area contributed by atoms with Crippen LogP contribution in [0.3, 0.4) is 0 Å². The molecule has 4 N–H and O–H groups in total. The third kappa shape index (κ3) is 5.38. The molecule has 0 spiro atoms. The minimum absolute atomic E-state index is 0.0614. The third-order valence-electron chi connectivity index (χ3n) is 4.18. The number of carbonyl (C=O) groups is 1. The summed E-state index contributed by atoms with van der Waals surface area (Å²) in [4.78, 5) is 12.2. The van der Waals surface area contributed by atoms with Gasteiger partial charge in [0.15, 0.2) is 0 Å². The first-order valence-electron chi connectivity index (χ1n) is 7.99. The fourth-order valence-corrected chi connectivity index (χ4v) is 2.89. The van der Waals surface area contributed by atoms with Gasteiger partial charge in [-0.15, -0.1) is 0 Å². The largest absolute Gasteiger partial charge is 0.508 e. The van der Waals surface area contributed by atoms with Gasteiger partial charge in [0.25, 0.3) is 0 Å². The van der Waals surface area contributed by atoms with Gasteiger partial charge in [-0.1, -0.05) is 44.2 Å². The summed E-state index contributed by atoms with van der Waals surface area (Å²) < 4.78 is 0. The second-order valence-electron chi connectivity index (χ2n) is 6.03. The summed E-state index contributed by atoms with van der Waals surface area (Å²) in [6.45, 7) is 0. The van der Waals surface area contributed by atoms with Crippen molar-refractivity contribution in [1.82, 2.24) is 5.32 Å². The van der Waals surface area contributed by atoms with E-state index >= 15 is 0 Å². The average molecular weight is 290 g/mol. The van der Waals surface area contributed by atoms with Gasteiger partial charge in [0.2, 0.25) is 5.91 Å². The monoisotopic (exact) mass is 290 g/mol. The van der Waals surface area contributed by atoms with Crippen molar-refractivity contribution in [3.63, 3.8) is 0 Å². The molecule has 1 atom stereocenters. The number of nitrogens with one attached hydrogen (secondary N) is 1. The van der Waals surface area contributed by atoms with Gasteiger partial charge in [-0.3, -0.25) is 4.79 Å². The zero-order valence-corrected chi connectivity index (χ0v) is 12.6. The molecule has 1 aliphatic rings. The van der Waals surface area contributed by atoms with E-state index in [4.69, 9.17) is 5.73 Å². The number of aromatic hydroxyl groups is 1. The molecule has 0 saturated heterocycles. The molecule has 0 radical (unpaired) electrons. The standard InChI is InChI=1S/C17H26N2O2/c18-16(12-13-8-10-15(20)11-9-13)17(21)19-14-6-4-2-1-3-5-7-14/h8-11,14,16,20H,1-7,12,18H2,(H,19,21)/t16-/m0/s1. The van der Waals surface area contributed by atoms with Gasteiger partial charge in [0, 0.05) is 6.04 Å². The Morgan fingerprint density at radius 3 is 2.33 bits per heavy atom. The number of nitrogens with two attached hydrogens (primary N) is 1. The van der Waals surface area contributed by atoms with Crippen molar-refractivity contribution in [2.75, 3.05) is 0 Å². The number of phenolic OH excluding ortho intramolecular Hbond substituents is 1. The smallest absolute Gasteiger partial charge is 0.237 e. The van der Waals surface area contributed by atoms with Crippen LogP contribution in [-0.2, 0) is 11.2 Å². The van der Waals surface area contributed by atoms with Crippen molar-refractivity contribution in [3.05, 3.63) is 29.8 Å². The van der Waals surface area contributed by atoms with E-state index in [1.165, 1.54) is 32.1 Å². The Bertz CT molecular complexity index is 437. The van der Waals surface area contributed by atoms with Gasteiger partial charge in [0.05, 0.1) is 6.04 Å². The Hall–Kier alpha value is -1.55. The normalized spacial score (nSPS) is 18.5. The van der Waals surface area contributed by atoms with Crippen LogP contribution in [0.1, 0.15) is 50.5 Å². The van der Waals surface area contributed by atoms with Crippen LogP contribution in [0.25, 0.3) is 0 Å². The van der Waals surface area contributed by atoms with E-state index in [1.807, 2.05) is 0 Å². The van der Waals surface area contributed by atoms with E-state index in [-0.39, 0.29) is 17.7 Å². The van der Waals surface area contributed by atoms with Crippen LogP contribution >= 0.6 is 0 Å². The van der Waals surface area contributed by atoms with Gasteiger partial charge in [0.1, 0.15) is 5.75 Å². The number of phenols is 1. The second-order valence-corrected chi connectivity index (χ2v) is 6.03. The highest BCUT2D eigenvalue weighted by Crippen LogP contribution is 2.17. The maximum Gasteiger partial charge on any atom is 0.237 e. The Kier molecular flexibility index (Phi) is 6.05. The molecule has 1 amide bonds. The summed E-state index contributed by atoms with van der Waals surface area (Å²) in [5.74, 6) is 0.167. The number of amides is 1. The minimum Gasteiger partial charge on any atom is -0.508 e. The molecule has 0 bridgehead atoms. The molecular formula is C17H26N2O2. The third-order valence-corrected chi connectivity index (χ3v) is 4.18. The van der Waals surface area contributed by atoms with Crippen LogP contribution in [0.2, 0.25) is 0 Å². The second kappa shape index (κ2) is 8.03. The van der Waals surface area contributed by atoms with Crippen LogP contribution in [0.15, 0.2) is 24.3 Å². The molecule has 1 aromatic rings. The molecule has 116 valence electrons. The lowest BCUT2D eigenvalue weighted by molar-refractivity contribution is -0.123. The zero-order valence-electron chi connectivity index (χ0n) is 12.6. The highest BCUT2D eigenvalue weighted by atomic mass is 16.3. The van der Waals surface area contributed by atoms with E-state index in [0.717, 1.165) is 18.4 Å². The van der Waals surface area contributed by atoms with E-state index in [0.29, 0.717) is 6.42 Å². The van der Waals surface area contributed by atoms with Crippen molar-refractivity contribution in [2.45, 2.75) is 63.5 Å². The molecule has 1 saturated carbocycles. The summed E-state index contributed by atoms with van der Waals surface area (Å²) in [6, 6.07) is 6.60. The summed E-state index contributed by atoms with van der Waals surface area (Å²) in [7, 11) is 0. The quantitative estimate of drug-likeness (QED) is 0.797. The Balaban J connectivity index is 1.82. The Labute approximate surface area is 126 Å². The van der Waals surface area contributed by atoms with Crippen molar-refractivity contribution in [3.8, 4) is 5.75 Å². The number of hydrogen-bond donors (Lipinski definition) is 3. The molecule has 0 aromatic heterocycles. The lowest BCUT2D eigenvalue weighted by atomic mass is 9.96. The fraction of sp³-hybridized carbons (Fsp3) is 0.588. The highest BCUT2D eigenvalue weighted by molar-refractivity contribution is 5.82. The lowest BCUT2D eigenvalue weighted by Crippen LogP contribution is -2.46. The highest BCUT2D eigenvalue weighted by Gasteiger charge is 2.19. The van der Waals surface area contributed by atoms with Gasteiger partial charge < -0.3 is 16.2 Å². The molecule has 21 heavy (non-hydrogen) atoms. The van der Waals surface area contributed by atoms with Crippen molar-refractivity contribution in [1.29, 1.82) is 0 Å². The maximum atomic E-state index is 12.2. The molecule has 4 nitrogen and oxygen atoms in total. The van der Waals surface area contributed by atoms with E-state index in [1.54, 1.807) is 24.3 Å². The molecule has 0 aliphatic heterocycles. The summed E-state index contributed by atoms with van der Waals surface area (Å²) in [5, 5.41) is 12.4. The first-order valence-corrected chi connectivity index (χ1v) is 7.99. The maximum absolute atomic E-state index is 12.2. The van der Waals surface area contributed by atoms with Crippen LogP contribution in [0, 0.1) is 0 Å². The van der Waals surface area contributed by atoms with Gasteiger partial charge in [-0.05, 0) is 37.0 Å². The topological polar surface area (TPSA) is 75.3 Å². The van der Waals surface area contributed by atoms with Crippen LogP contribution in [0.5, 0.6) is 5.75 Å². The Morgan fingerprint density at radius 2 is 1.71 bits per heavy atom. The first kappa shape index (κ1) is 15.8. The minimum atomic E-state index is -0.528. The molecule has 0 unspecified atom stereocenters. The molecule has 0 heterocycles. The van der Waals surface area contributed by atoms with Crippen LogP contribution < -0.4 is 11.1 Å². The van der Waals surface area contributed by atoms with Gasteiger partial charge in [-0.25, -0.2) is 0 Å². The molecule has 4 heteroatoms. The van der Waals surface area contributed by atoms with Crippen LogP contribution in [0.4, 0.5) is 0 Å². The van der Waals surface area contributed by atoms with Gasteiger partial charge >= 0.3 is 0 Å².